The second-order valence-corrected chi connectivity index (χ2v) is 8.47. The molecule has 0 saturated carbocycles. The number of carbonyl (C=O) groups excluding carboxylic acids is 1. The Morgan fingerprint density at radius 3 is 2.52 bits per heavy atom. The van der Waals surface area contributed by atoms with E-state index in [1.54, 1.807) is 0 Å². The summed E-state index contributed by atoms with van der Waals surface area (Å²) in [5.41, 5.74) is 0. The van der Waals surface area contributed by atoms with Crippen molar-refractivity contribution in [1.29, 1.82) is 0 Å². The number of carbonyl (C=O) groups is 1. The van der Waals surface area contributed by atoms with E-state index in [2.05, 4.69) is 19.1 Å². The molecular weight excluding hydrogens is 384 g/mol. The zero-order valence-corrected chi connectivity index (χ0v) is 19.2. The number of hydrogen-bond acceptors (Lipinski definition) is 3. The van der Waals surface area contributed by atoms with Gasteiger partial charge in [0.1, 0.15) is 5.75 Å². The zero-order valence-electron chi connectivity index (χ0n) is 19.2. The van der Waals surface area contributed by atoms with Gasteiger partial charge in [0.2, 0.25) is 0 Å². The SMILES string of the molecule is CCCCCC[C@@H](O)C/C=C\CCCCCCCC(=O)Oc1cccc2ccccc12. The molecule has 0 aromatic heterocycles. The molecule has 2 aromatic carbocycles. The lowest BCUT2D eigenvalue weighted by Crippen LogP contribution is -2.07. The van der Waals surface area contributed by atoms with Crippen molar-refractivity contribution < 1.29 is 14.6 Å². The Morgan fingerprint density at radius 1 is 0.903 bits per heavy atom. The van der Waals surface area contributed by atoms with Gasteiger partial charge in [-0.1, -0.05) is 100 Å². The van der Waals surface area contributed by atoms with E-state index in [0.29, 0.717) is 12.2 Å². The molecule has 2 rings (SSSR count). The van der Waals surface area contributed by atoms with Crippen molar-refractivity contribution in [3.63, 3.8) is 0 Å². The van der Waals surface area contributed by atoms with E-state index in [1.807, 2.05) is 42.5 Å². The number of fused-ring (bicyclic) bond motifs is 1. The Balaban J connectivity index is 1.47. The molecule has 0 amide bonds. The Bertz CT molecular complexity index is 775. The molecule has 0 aliphatic carbocycles. The minimum Gasteiger partial charge on any atom is -0.426 e. The molecule has 1 N–H and O–H groups in total. The number of ether oxygens (including phenoxy) is 1. The Hall–Kier alpha value is -2.13. The normalized spacial score (nSPS) is 12.5. The quantitative estimate of drug-likeness (QED) is 0.130. The number of benzene rings is 2. The van der Waals surface area contributed by atoms with Crippen molar-refractivity contribution in [2.24, 2.45) is 0 Å². The van der Waals surface area contributed by atoms with Gasteiger partial charge in [-0.15, -0.1) is 0 Å². The lowest BCUT2D eigenvalue weighted by atomic mass is 10.1. The maximum absolute atomic E-state index is 12.2. The molecular formula is C28H40O3. The Morgan fingerprint density at radius 2 is 1.65 bits per heavy atom. The summed E-state index contributed by atoms with van der Waals surface area (Å²) in [5.74, 6) is 0.508. The number of rotatable bonds is 16. The smallest absolute Gasteiger partial charge is 0.311 e. The van der Waals surface area contributed by atoms with Gasteiger partial charge >= 0.3 is 5.97 Å². The third-order valence-corrected chi connectivity index (χ3v) is 5.69. The molecule has 0 bridgehead atoms. The summed E-state index contributed by atoms with van der Waals surface area (Å²) in [4.78, 5) is 12.2. The van der Waals surface area contributed by atoms with Crippen LogP contribution in [0.15, 0.2) is 54.6 Å². The maximum Gasteiger partial charge on any atom is 0.311 e. The second-order valence-electron chi connectivity index (χ2n) is 8.47. The van der Waals surface area contributed by atoms with E-state index in [-0.39, 0.29) is 12.1 Å². The second kappa shape index (κ2) is 15.6. The molecule has 0 spiro atoms. The molecule has 3 nitrogen and oxygen atoms in total. The minimum atomic E-state index is -0.179. The van der Waals surface area contributed by atoms with Crippen LogP contribution in [0.5, 0.6) is 5.75 Å². The van der Waals surface area contributed by atoms with Crippen LogP contribution in [0.25, 0.3) is 10.8 Å². The first-order valence-corrected chi connectivity index (χ1v) is 12.2. The highest BCUT2D eigenvalue weighted by molar-refractivity contribution is 5.90. The average molecular weight is 425 g/mol. The monoisotopic (exact) mass is 424 g/mol. The van der Waals surface area contributed by atoms with Crippen LogP contribution < -0.4 is 4.74 Å². The summed E-state index contributed by atoms with van der Waals surface area (Å²) in [6, 6.07) is 13.8. The van der Waals surface area contributed by atoms with Gasteiger partial charge in [-0.05, 0) is 43.6 Å². The van der Waals surface area contributed by atoms with E-state index in [1.165, 1.54) is 32.1 Å². The number of allylic oxidation sites excluding steroid dienone is 1. The van der Waals surface area contributed by atoms with Crippen molar-refractivity contribution in [2.45, 2.75) is 96.5 Å². The standard InChI is InChI=1S/C28H40O3/c1-2-3-4-11-19-25(29)20-12-9-7-5-6-8-10-13-23-28(30)31-27-22-16-18-24-17-14-15-21-26(24)27/h9,12,14-18,21-22,25,29H,2-8,10-11,13,19-20,23H2,1H3/b12-9-/t25-/m1/s1. The molecule has 0 fully saturated rings. The van der Waals surface area contributed by atoms with Crippen molar-refractivity contribution >= 4 is 16.7 Å². The van der Waals surface area contributed by atoms with Crippen molar-refractivity contribution in [1.82, 2.24) is 0 Å². The highest BCUT2D eigenvalue weighted by atomic mass is 16.5. The maximum atomic E-state index is 12.2. The summed E-state index contributed by atoms with van der Waals surface area (Å²) < 4.78 is 5.59. The highest BCUT2D eigenvalue weighted by Crippen LogP contribution is 2.25. The average Bonchev–Trinajstić information content (AvgIpc) is 2.78. The number of esters is 1. The third kappa shape index (κ3) is 10.6. The molecule has 0 saturated heterocycles. The fourth-order valence-corrected chi connectivity index (χ4v) is 3.82. The summed E-state index contributed by atoms with van der Waals surface area (Å²) in [5, 5.41) is 12.0. The van der Waals surface area contributed by atoms with E-state index < -0.39 is 0 Å². The molecule has 0 unspecified atom stereocenters. The van der Waals surface area contributed by atoms with Crippen LogP contribution in [-0.4, -0.2) is 17.2 Å². The molecule has 0 radical (unpaired) electrons. The summed E-state index contributed by atoms with van der Waals surface area (Å²) in [6.07, 6.45) is 17.7. The first kappa shape index (κ1) is 25.1. The first-order chi connectivity index (χ1) is 15.2. The van der Waals surface area contributed by atoms with Crippen LogP contribution in [0.4, 0.5) is 0 Å². The Kier molecular flexibility index (Phi) is 12.7. The molecule has 0 aliphatic heterocycles. The summed E-state index contributed by atoms with van der Waals surface area (Å²) >= 11 is 0. The van der Waals surface area contributed by atoms with Crippen LogP contribution >= 0.6 is 0 Å². The van der Waals surface area contributed by atoms with Crippen molar-refractivity contribution in [2.75, 3.05) is 0 Å². The number of aliphatic hydroxyl groups is 1. The summed E-state index contributed by atoms with van der Waals surface area (Å²) in [6.45, 7) is 2.21. The summed E-state index contributed by atoms with van der Waals surface area (Å²) in [7, 11) is 0. The number of aliphatic hydroxyl groups excluding tert-OH is 1. The van der Waals surface area contributed by atoms with E-state index in [4.69, 9.17) is 4.74 Å². The largest absolute Gasteiger partial charge is 0.426 e. The van der Waals surface area contributed by atoms with Crippen LogP contribution in [0.1, 0.15) is 90.4 Å². The van der Waals surface area contributed by atoms with Crippen LogP contribution in [0.2, 0.25) is 0 Å². The van der Waals surface area contributed by atoms with Gasteiger partial charge in [0.15, 0.2) is 0 Å². The van der Waals surface area contributed by atoms with Crippen molar-refractivity contribution in [3.05, 3.63) is 54.6 Å². The van der Waals surface area contributed by atoms with Gasteiger partial charge in [0.25, 0.3) is 0 Å². The fraction of sp³-hybridized carbons (Fsp3) is 0.536. The van der Waals surface area contributed by atoms with E-state index in [0.717, 1.165) is 55.7 Å². The van der Waals surface area contributed by atoms with Gasteiger partial charge in [0, 0.05) is 11.8 Å². The Labute approximate surface area is 188 Å². The lowest BCUT2D eigenvalue weighted by molar-refractivity contribution is -0.134. The molecule has 170 valence electrons. The van der Waals surface area contributed by atoms with Gasteiger partial charge in [-0.25, -0.2) is 0 Å². The molecule has 1 atom stereocenters. The third-order valence-electron chi connectivity index (χ3n) is 5.69. The number of unbranched alkanes of at least 4 members (excludes halogenated alkanes) is 8. The minimum absolute atomic E-state index is 0.146. The van der Waals surface area contributed by atoms with E-state index >= 15 is 0 Å². The predicted octanol–water partition coefficient (Wildman–Crippen LogP) is 7.75. The first-order valence-electron chi connectivity index (χ1n) is 12.2. The molecule has 2 aromatic rings. The zero-order chi connectivity index (χ0) is 22.2. The highest BCUT2D eigenvalue weighted by Gasteiger charge is 2.07. The van der Waals surface area contributed by atoms with Gasteiger partial charge in [0.05, 0.1) is 6.10 Å². The fourth-order valence-electron chi connectivity index (χ4n) is 3.82. The van der Waals surface area contributed by atoms with E-state index in [9.17, 15) is 9.90 Å². The molecule has 31 heavy (non-hydrogen) atoms. The number of hydrogen-bond donors (Lipinski definition) is 1. The topological polar surface area (TPSA) is 46.5 Å². The van der Waals surface area contributed by atoms with Gasteiger partial charge in [-0.2, -0.15) is 0 Å². The van der Waals surface area contributed by atoms with Crippen LogP contribution in [-0.2, 0) is 4.79 Å². The molecule has 3 heteroatoms. The molecule has 0 heterocycles. The van der Waals surface area contributed by atoms with Crippen LogP contribution in [0.3, 0.4) is 0 Å². The van der Waals surface area contributed by atoms with Gasteiger partial charge < -0.3 is 9.84 Å². The lowest BCUT2D eigenvalue weighted by Gasteiger charge is -2.07. The molecule has 0 aliphatic rings. The van der Waals surface area contributed by atoms with Crippen molar-refractivity contribution in [3.8, 4) is 5.75 Å². The van der Waals surface area contributed by atoms with Gasteiger partial charge in [-0.3, -0.25) is 4.79 Å². The predicted molar refractivity (Wildman–Crippen MR) is 130 cm³/mol. The van der Waals surface area contributed by atoms with Crippen LogP contribution in [0, 0.1) is 0 Å².